The van der Waals surface area contributed by atoms with Crippen LogP contribution >= 0.6 is 0 Å². The number of benzene rings is 1. The Morgan fingerprint density at radius 3 is 2.33 bits per heavy atom. The Labute approximate surface area is 106 Å². The van der Waals surface area contributed by atoms with Crippen LogP contribution in [0.15, 0.2) is 24.3 Å². The van der Waals surface area contributed by atoms with Gasteiger partial charge in [-0.1, -0.05) is 6.07 Å². The Hall–Kier alpha value is -2.04. The van der Waals surface area contributed by atoms with Gasteiger partial charge in [0.15, 0.2) is 0 Å². The SMILES string of the molecule is COc1cccc(N2C(C)C(=O)NC(=O)C2C)c1. The van der Waals surface area contributed by atoms with E-state index >= 15 is 0 Å². The number of nitrogens with one attached hydrogen (secondary N) is 1. The molecular weight excluding hydrogens is 232 g/mol. The van der Waals surface area contributed by atoms with Gasteiger partial charge in [-0.3, -0.25) is 14.9 Å². The second-order valence-corrected chi connectivity index (χ2v) is 4.31. The fraction of sp³-hybridized carbons (Fsp3) is 0.385. The number of piperazine rings is 1. The molecule has 1 saturated heterocycles. The Balaban J connectivity index is 2.39. The summed E-state index contributed by atoms with van der Waals surface area (Å²) in [5, 5.41) is 2.36. The van der Waals surface area contributed by atoms with Crippen LogP contribution in [0.2, 0.25) is 0 Å². The molecule has 1 aromatic carbocycles. The van der Waals surface area contributed by atoms with Gasteiger partial charge < -0.3 is 9.64 Å². The maximum atomic E-state index is 11.7. The lowest BCUT2D eigenvalue weighted by Gasteiger charge is -2.38. The number of imide groups is 1. The molecule has 1 fully saturated rings. The molecule has 1 aliphatic heterocycles. The zero-order valence-corrected chi connectivity index (χ0v) is 10.6. The molecule has 0 bridgehead atoms. The minimum atomic E-state index is -0.384. The van der Waals surface area contributed by atoms with E-state index < -0.39 is 0 Å². The lowest BCUT2D eigenvalue weighted by atomic mass is 10.1. The standard InChI is InChI=1S/C13H16N2O3/c1-8-12(16)14-13(17)9(2)15(8)10-5-4-6-11(7-10)18-3/h4-9H,1-3H3,(H,14,16,17). The summed E-state index contributed by atoms with van der Waals surface area (Å²) in [6, 6.07) is 6.57. The largest absolute Gasteiger partial charge is 0.497 e. The molecule has 1 aliphatic rings. The quantitative estimate of drug-likeness (QED) is 0.791. The van der Waals surface area contributed by atoms with E-state index in [9.17, 15) is 9.59 Å². The summed E-state index contributed by atoms with van der Waals surface area (Å²) in [5.41, 5.74) is 0.803. The number of rotatable bonds is 2. The highest BCUT2D eigenvalue weighted by molar-refractivity contribution is 6.06. The van der Waals surface area contributed by atoms with Gasteiger partial charge in [-0.05, 0) is 26.0 Å². The van der Waals surface area contributed by atoms with Crippen molar-refractivity contribution in [3.05, 3.63) is 24.3 Å². The van der Waals surface area contributed by atoms with Crippen LogP contribution in [0.1, 0.15) is 13.8 Å². The van der Waals surface area contributed by atoms with Gasteiger partial charge in [0.2, 0.25) is 11.8 Å². The molecule has 96 valence electrons. The molecule has 0 spiro atoms. The summed E-state index contributed by atoms with van der Waals surface area (Å²) in [6.45, 7) is 3.55. The number of carbonyl (C=O) groups excluding carboxylic acids is 2. The number of hydrogen-bond donors (Lipinski definition) is 1. The van der Waals surface area contributed by atoms with Gasteiger partial charge in [-0.25, -0.2) is 0 Å². The monoisotopic (exact) mass is 248 g/mol. The first-order valence-corrected chi connectivity index (χ1v) is 5.81. The minimum Gasteiger partial charge on any atom is -0.497 e. The van der Waals surface area contributed by atoms with Crippen LogP contribution in [0.4, 0.5) is 5.69 Å². The predicted octanol–water partition coefficient (Wildman–Crippen LogP) is 0.935. The summed E-state index contributed by atoms with van der Waals surface area (Å²) < 4.78 is 5.16. The van der Waals surface area contributed by atoms with Crippen molar-refractivity contribution in [2.24, 2.45) is 0 Å². The second kappa shape index (κ2) is 4.68. The molecule has 0 aliphatic carbocycles. The van der Waals surface area contributed by atoms with Gasteiger partial charge in [0.05, 0.1) is 7.11 Å². The first-order chi connectivity index (χ1) is 8.54. The van der Waals surface area contributed by atoms with E-state index in [-0.39, 0.29) is 23.9 Å². The molecule has 0 saturated carbocycles. The van der Waals surface area contributed by atoms with Crippen LogP contribution in [0.3, 0.4) is 0 Å². The summed E-state index contributed by atoms with van der Waals surface area (Å²) >= 11 is 0. The lowest BCUT2D eigenvalue weighted by molar-refractivity contribution is -0.134. The van der Waals surface area contributed by atoms with Crippen molar-refractivity contribution in [2.45, 2.75) is 25.9 Å². The van der Waals surface area contributed by atoms with Gasteiger partial charge in [-0.15, -0.1) is 0 Å². The average molecular weight is 248 g/mol. The molecule has 1 aromatic rings. The molecule has 1 heterocycles. The van der Waals surface area contributed by atoms with Crippen molar-refractivity contribution >= 4 is 17.5 Å². The van der Waals surface area contributed by atoms with Crippen molar-refractivity contribution < 1.29 is 14.3 Å². The molecule has 18 heavy (non-hydrogen) atoms. The molecule has 0 aromatic heterocycles. The molecule has 2 rings (SSSR count). The van der Waals surface area contributed by atoms with Gasteiger partial charge >= 0.3 is 0 Å². The fourth-order valence-electron chi connectivity index (χ4n) is 2.14. The number of anilines is 1. The highest BCUT2D eigenvalue weighted by Crippen LogP contribution is 2.26. The number of methoxy groups -OCH3 is 1. The van der Waals surface area contributed by atoms with Crippen molar-refractivity contribution in [1.29, 1.82) is 0 Å². The van der Waals surface area contributed by atoms with E-state index in [1.807, 2.05) is 24.3 Å². The number of nitrogens with zero attached hydrogens (tertiary/aromatic N) is 1. The van der Waals surface area contributed by atoms with Crippen molar-refractivity contribution in [2.75, 3.05) is 12.0 Å². The Kier molecular flexibility index (Phi) is 3.23. The highest BCUT2D eigenvalue weighted by Gasteiger charge is 2.36. The Morgan fingerprint density at radius 2 is 1.78 bits per heavy atom. The summed E-state index contributed by atoms with van der Waals surface area (Å²) in [7, 11) is 1.58. The van der Waals surface area contributed by atoms with E-state index in [4.69, 9.17) is 4.74 Å². The zero-order valence-electron chi connectivity index (χ0n) is 10.6. The van der Waals surface area contributed by atoms with Crippen molar-refractivity contribution in [3.8, 4) is 5.75 Å². The maximum Gasteiger partial charge on any atom is 0.249 e. The topological polar surface area (TPSA) is 58.6 Å². The van der Waals surface area contributed by atoms with Gasteiger partial charge in [-0.2, -0.15) is 0 Å². The lowest BCUT2D eigenvalue weighted by Crippen LogP contribution is -2.61. The summed E-state index contributed by atoms with van der Waals surface area (Å²) in [4.78, 5) is 25.2. The van der Waals surface area contributed by atoms with Crippen LogP contribution in [0.25, 0.3) is 0 Å². The summed E-state index contributed by atoms with van der Waals surface area (Å²) in [6.07, 6.45) is 0. The first-order valence-electron chi connectivity index (χ1n) is 5.81. The highest BCUT2D eigenvalue weighted by atomic mass is 16.5. The van der Waals surface area contributed by atoms with Gasteiger partial charge in [0.1, 0.15) is 17.8 Å². The van der Waals surface area contributed by atoms with Crippen LogP contribution in [-0.4, -0.2) is 31.0 Å². The van der Waals surface area contributed by atoms with Crippen LogP contribution in [0.5, 0.6) is 5.75 Å². The van der Waals surface area contributed by atoms with E-state index in [2.05, 4.69) is 5.32 Å². The third-order valence-electron chi connectivity index (χ3n) is 3.19. The van der Waals surface area contributed by atoms with E-state index in [1.165, 1.54) is 0 Å². The van der Waals surface area contributed by atoms with E-state index in [1.54, 1.807) is 25.9 Å². The molecule has 5 heteroatoms. The molecule has 2 amide bonds. The molecule has 2 unspecified atom stereocenters. The zero-order chi connectivity index (χ0) is 13.3. The van der Waals surface area contributed by atoms with E-state index in [0.717, 1.165) is 5.69 Å². The maximum absolute atomic E-state index is 11.7. The first kappa shape index (κ1) is 12.4. The number of hydrogen-bond acceptors (Lipinski definition) is 4. The van der Waals surface area contributed by atoms with Crippen LogP contribution < -0.4 is 15.0 Å². The molecular formula is C13H16N2O3. The second-order valence-electron chi connectivity index (χ2n) is 4.31. The minimum absolute atomic E-state index is 0.277. The molecule has 5 nitrogen and oxygen atoms in total. The number of amides is 2. The van der Waals surface area contributed by atoms with Crippen LogP contribution in [-0.2, 0) is 9.59 Å². The molecule has 2 atom stereocenters. The fourth-order valence-corrected chi connectivity index (χ4v) is 2.14. The van der Waals surface area contributed by atoms with Crippen LogP contribution in [0, 0.1) is 0 Å². The molecule has 0 radical (unpaired) electrons. The van der Waals surface area contributed by atoms with Crippen molar-refractivity contribution in [3.63, 3.8) is 0 Å². The summed E-state index contributed by atoms with van der Waals surface area (Å²) in [5.74, 6) is 0.146. The third-order valence-corrected chi connectivity index (χ3v) is 3.19. The van der Waals surface area contributed by atoms with Crippen molar-refractivity contribution in [1.82, 2.24) is 5.32 Å². The Morgan fingerprint density at radius 1 is 1.17 bits per heavy atom. The van der Waals surface area contributed by atoms with Gasteiger partial charge in [0.25, 0.3) is 0 Å². The molecule has 1 N–H and O–H groups in total. The normalized spacial score (nSPS) is 23.8. The smallest absolute Gasteiger partial charge is 0.249 e. The predicted molar refractivity (Wildman–Crippen MR) is 67.5 cm³/mol. The number of ether oxygens (including phenoxy) is 1. The van der Waals surface area contributed by atoms with E-state index in [0.29, 0.717) is 5.75 Å². The number of carbonyl (C=O) groups is 2. The Bertz CT molecular complexity index is 467. The van der Waals surface area contributed by atoms with Gasteiger partial charge in [0, 0.05) is 11.8 Å². The third kappa shape index (κ3) is 2.03. The average Bonchev–Trinajstić information content (AvgIpc) is 2.37.